The predicted octanol–water partition coefficient (Wildman–Crippen LogP) is 0.537. The van der Waals surface area contributed by atoms with E-state index in [4.69, 9.17) is 5.73 Å². The fraction of sp³-hybridized carbons (Fsp3) is 0.0909. The smallest absolute Gasteiger partial charge is 0.242 e. The molecule has 0 aliphatic rings. The van der Waals surface area contributed by atoms with Crippen molar-refractivity contribution in [3.8, 4) is 0 Å². The molecule has 2 aromatic heterocycles. The van der Waals surface area contributed by atoms with Crippen LogP contribution in [0.4, 0.5) is 5.82 Å². The number of sulfonamides is 1. The van der Waals surface area contributed by atoms with Crippen molar-refractivity contribution in [3.63, 3.8) is 0 Å². The lowest BCUT2D eigenvalue weighted by Crippen LogP contribution is -2.23. The maximum atomic E-state index is 11.9. The predicted molar refractivity (Wildman–Crippen MR) is 66.9 cm³/mol. The van der Waals surface area contributed by atoms with Crippen LogP contribution in [0.25, 0.3) is 0 Å². The van der Waals surface area contributed by atoms with Gasteiger partial charge in [0.25, 0.3) is 0 Å². The number of aromatic nitrogens is 2. The lowest BCUT2D eigenvalue weighted by molar-refractivity contribution is 0.581. The topological polar surface area (TPSA) is 98.0 Å². The molecule has 3 N–H and O–H groups in total. The van der Waals surface area contributed by atoms with E-state index >= 15 is 0 Å². The lowest BCUT2D eigenvalue weighted by Gasteiger charge is -2.06. The molecule has 0 saturated carbocycles. The van der Waals surface area contributed by atoms with Crippen molar-refractivity contribution in [2.45, 2.75) is 11.4 Å². The molecule has 6 nitrogen and oxygen atoms in total. The van der Waals surface area contributed by atoms with Crippen LogP contribution in [0.15, 0.2) is 47.8 Å². The molecular formula is C11H12N4O2S. The first-order valence-electron chi connectivity index (χ1n) is 5.18. The molecule has 7 heteroatoms. The van der Waals surface area contributed by atoms with Gasteiger partial charge in [0.05, 0.1) is 0 Å². The van der Waals surface area contributed by atoms with Crippen LogP contribution >= 0.6 is 0 Å². The SMILES string of the molecule is Nc1ccc(S(=O)(=O)NCc2cccnc2)cn1. The van der Waals surface area contributed by atoms with Crippen molar-refractivity contribution in [2.24, 2.45) is 0 Å². The number of nitrogens with two attached hydrogens (primary N) is 1. The summed E-state index contributed by atoms with van der Waals surface area (Å²) < 4.78 is 26.3. The number of nitrogen functional groups attached to an aromatic ring is 1. The molecule has 0 saturated heterocycles. The van der Waals surface area contributed by atoms with Gasteiger partial charge in [0.15, 0.2) is 0 Å². The standard InChI is InChI=1S/C11H12N4O2S/c12-11-4-3-10(8-14-11)18(16,17)15-7-9-2-1-5-13-6-9/h1-6,8,15H,7H2,(H2,12,14). The molecule has 18 heavy (non-hydrogen) atoms. The summed E-state index contributed by atoms with van der Waals surface area (Å²) in [6.07, 6.45) is 4.45. The van der Waals surface area contributed by atoms with Gasteiger partial charge in [-0.1, -0.05) is 6.07 Å². The summed E-state index contributed by atoms with van der Waals surface area (Å²) in [6.45, 7) is 0.181. The minimum absolute atomic E-state index is 0.0839. The molecule has 0 amide bonds. The van der Waals surface area contributed by atoms with Gasteiger partial charge in [0, 0.05) is 25.1 Å². The summed E-state index contributed by atoms with van der Waals surface area (Å²) in [5, 5.41) is 0. The average molecular weight is 264 g/mol. The van der Waals surface area contributed by atoms with Gasteiger partial charge in [-0.05, 0) is 23.8 Å². The second-order valence-corrected chi connectivity index (χ2v) is 5.37. The molecule has 2 aromatic rings. The van der Waals surface area contributed by atoms with E-state index in [1.165, 1.54) is 18.3 Å². The third kappa shape index (κ3) is 3.02. The summed E-state index contributed by atoms with van der Waals surface area (Å²) in [5.74, 6) is 0.279. The van der Waals surface area contributed by atoms with E-state index in [0.717, 1.165) is 5.56 Å². The van der Waals surface area contributed by atoms with Gasteiger partial charge >= 0.3 is 0 Å². The summed E-state index contributed by atoms with van der Waals surface area (Å²) in [4.78, 5) is 7.74. The molecule has 0 spiro atoms. The number of rotatable bonds is 4. The minimum Gasteiger partial charge on any atom is -0.384 e. The van der Waals surface area contributed by atoms with Crippen LogP contribution in [0.3, 0.4) is 0 Å². The normalized spacial score (nSPS) is 11.3. The maximum Gasteiger partial charge on any atom is 0.242 e. The molecule has 2 rings (SSSR count). The number of nitrogens with one attached hydrogen (secondary N) is 1. The average Bonchev–Trinajstić information content (AvgIpc) is 2.38. The highest BCUT2D eigenvalue weighted by Gasteiger charge is 2.13. The highest BCUT2D eigenvalue weighted by atomic mass is 32.2. The molecule has 2 heterocycles. The number of nitrogens with zero attached hydrogens (tertiary/aromatic N) is 2. The minimum atomic E-state index is -3.57. The van der Waals surface area contributed by atoms with Gasteiger partial charge in [-0.3, -0.25) is 4.98 Å². The van der Waals surface area contributed by atoms with Crippen molar-refractivity contribution in [2.75, 3.05) is 5.73 Å². The zero-order valence-electron chi connectivity index (χ0n) is 9.45. The molecule has 0 atom stereocenters. The zero-order valence-corrected chi connectivity index (χ0v) is 10.3. The van der Waals surface area contributed by atoms with Crippen molar-refractivity contribution in [1.29, 1.82) is 0 Å². The monoisotopic (exact) mass is 264 g/mol. The van der Waals surface area contributed by atoms with Crippen LogP contribution in [-0.2, 0) is 16.6 Å². The van der Waals surface area contributed by atoms with E-state index in [9.17, 15) is 8.42 Å². The second-order valence-electron chi connectivity index (χ2n) is 3.60. The third-order valence-corrected chi connectivity index (χ3v) is 3.65. The van der Waals surface area contributed by atoms with Crippen LogP contribution in [0.1, 0.15) is 5.56 Å². The van der Waals surface area contributed by atoms with E-state index in [1.807, 2.05) is 0 Å². The lowest BCUT2D eigenvalue weighted by atomic mass is 10.3. The van der Waals surface area contributed by atoms with Crippen LogP contribution in [0.2, 0.25) is 0 Å². The number of anilines is 1. The van der Waals surface area contributed by atoms with Gasteiger partial charge in [-0.2, -0.15) is 0 Å². The largest absolute Gasteiger partial charge is 0.384 e. The summed E-state index contributed by atoms with van der Waals surface area (Å²) in [6, 6.07) is 6.39. The fourth-order valence-corrected chi connectivity index (χ4v) is 2.28. The first kappa shape index (κ1) is 12.5. The van der Waals surface area contributed by atoms with Crippen LogP contribution in [0.5, 0.6) is 0 Å². The molecule has 0 unspecified atom stereocenters. The molecular weight excluding hydrogens is 252 g/mol. The van der Waals surface area contributed by atoms with Gasteiger partial charge in [-0.25, -0.2) is 18.1 Å². The zero-order chi connectivity index (χ0) is 13.0. The van der Waals surface area contributed by atoms with Gasteiger partial charge in [0.2, 0.25) is 10.0 Å². The van der Waals surface area contributed by atoms with Crippen molar-refractivity contribution < 1.29 is 8.42 Å². The Morgan fingerprint density at radius 2 is 2.06 bits per heavy atom. The van der Waals surface area contributed by atoms with E-state index in [-0.39, 0.29) is 17.3 Å². The summed E-state index contributed by atoms with van der Waals surface area (Å²) >= 11 is 0. The van der Waals surface area contributed by atoms with Crippen molar-refractivity contribution >= 4 is 15.8 Å². The van der Waals surface area contributed by atoms with Crippen LogP contribution in [-0.4, -0.2) is 18.4 Å². The van der Waals surface area contributed by atoms with E-state index in [2.05, 4.69) is 14.7 Å². The molecule has 0 aliphatic carbocycles. The Kier molecular flexibility index (Phi) is 3.54. The fourth-order valence-electron chi connectivity index (χ4n) is 1.32. The molecule has 0 fully saturated rings. The Hall–Kier alpha value is -1.99. The number of hydrogen-bond acceptors (Lipinski definition) is 5. The number of hydrogen-bond donors (Lipinski definition) is 2. The van der Waals surface area contributed by atoms with Crippen molar-refractivity contribution in [3.05, 3.63) is 48.4 Å². The van der Waals surface area contributed by atoms with Crippen LogP contribution < -0.4 is 10.5 Å². The van der Waals surface area contributed by atoms with Gasteiger partial charge in [-0.15, -0.1) is 0 Å². The van der Waals surface area contributed by atoms with Gasteiger partial charge in [0.1, 0.15) is 10.7 Å². The highest BCUT2D eigenvalue weighted by Crippen LogP contribution is 2.09. The van der Waals surface area contributed by atoms with Gasteiger partial charge < -0.3 is 5.73 Å². The Bertz CT molecular complexity index is 611. The Morgan fingerprint density at radius 1 is 1.22 bits per heavy atom. The molecule has 0 aliphatic heterocycles. The third-order valence-electron chi connectivity index (χ3n) is 2.26. The quantitative estimate of drug-likeness (QED) is 0.839. The highest BCUT2D eigenvalue weighted by molar-refractivity contribution is 7.89. The van der Waals surface area contributed by atoms with Crippen molar-refractivity contribution in [1.82, 2.24) is 14.7 Å². The first-order chi connectivity index (χ1) is 8.58. The second kappa shape index (κ2) is 5.11. The molecule has 0 bridgehead atoms. The summed E-state index contributed by atoms with van der Waals surface area (Å²) in [7, 11) is -3.57. The van der Waals surface area contributed by atoms with E-state index < -0.39 is 10.0 Å². The Labute approximate surface area is 105 Å². The van der Waals surface area contributed by atoms with E-state index in [0.29, 0.717) is 0 Å². The molecule has 94 valence electrons. The maximum absolute atomic E-state index is 11.9. The molecule has 0 radical (unpaired) electrons. The first-order valence-corrected chi connectivity index (χ1v) is 6.66. The molecule has 0 aromatic carbocycles. The summed E-state index contributed by atoms with van der Waals surface area (Å²) in [5.41, 5.74) is 6.18. The number of pyridine rings is 2. The van der Waals surface area contributed by atoms with E-state index in [1.54, 1.807) is 24.5 Å². The Balaban J connectivity index is 2.11. The van der Waals surface area contributed by atoms with Crippen LogP contribution in [0, 0.1) is 0 Å². The Morgan fingerprint density at radius 3 is 2.67 bits per heavy atom.